The van der Waals surface area contributed by atoms with Gasteiger partial charge in [0.05, 0.1) is 33.1 Å². The fourth-order valence-corrected chi connectivity index (χ4v) is 8.38. The average Bonchev–Trinajstić information content (AvgIpc) is 3.87. The van der Waals surface area contributed by atoms with Gasteiger partial charge in [-0.15, -0.1) is 11.3 Å². The minimum absolute atomic E-state index is 0.524. The maximum atomic E-state index is 9.44. The normalized spacial score (nSPS) is 11.7. The average molecular weight is 763 g/mol. The Hall–Kier alpha value is -7.86. The van der Waals surface area contributed by atoms with Crippen LogP contribution in [0.4, 0.5) is 0 Å². The van der Waals surface area contributed by atoms with Gasteiger partial charge in [-0.1, -0.05) is 140 Å². The second-order valence-electron chi connectivity index (χ2n) is 13.6. The zero-order chi connectivity index (χ0) is 39.0. The highest BCUT2D eigenvalue weighted by Gasteiger charge is 2.22. The quantitative estimate of drug-likeness (QED) is 0.142. The fourth-order valence-electron chi connectivity index (χ4n) is 7.27. The Morgan fingerprint density at radius 3 is 2.07 bits per heavy atom. The third-order valence-corrected chi connectivity index (χ3v) is 11.2. The van der Waals surface area contributed by atoms with Crippen LogP contribution in [0.2, 0.25) is 0 Å². The maximum Gasteiger partial charge on any atom is 0.164 e. The number of nitrogens with zero attached hydrogens (tertiary/aromatic N) is 6. The molecule has 58 heavy (non-hydrogen) atoms. The van der Waals surface area contributed by atoms with Crippen molar-refractivity contribution in [1.82, 2.24) is 24.9 Å². The summed E-state index contributed by atoms with van der Waals surface area (Å²) in [4.78, 5) is 25.5. The van der Waals surface area contributed by atoms with E-state index >= 15 is 0 Å². The third kappa shape index (κ3) is 6.22. The molecule has 10 aromatic rings. The molecule has 0 atom stereocenters. The number of benzene rings is 6. The Morgan fingerprint density at radius 2 is 1.24 bits per heavy atom. The van der Waals surface area contributed by atoms with Crippen molar-refractivity contribution < 1.29 is 4.42 Å². The van der Waals surface area contributed by atoms with Gasteiger partial charge in [-0.05, 0) is 47.5 Å². The van der Waals surface area contributed by atoms with Crippen LogP contribution >= 0.6 is 11.3 Å². The first-order valence-corrected chi connectivity index (χ1v) is 19.5. The lowest BCUT2D eigenvalue weighted by atomic mass is 10.0. The third-order valence-electron chi connectivity index (χ3n) is 10.00. The van der Waals surface area contributed by atoms with Crippen molar-refractivity contribution in [3.05, 3.63) is 182 Å². The van der Waals surface area contributed by atoms with Gasteiger partial charge in [-0.2, -0.15) is 5.26 Å². The summed E-state index contributed by atoms with van der Waals surface area (Å²) in [7, 11) is 0. The van der Waals surface area contributed by atoms with Crippen molar-refractivity contribution in [1.29, 1.82) is 5.26 Å². The summed E-state index contributed by atoms with van der Waals surface area (Å²) in [5.74, 6) is 2.20. The van der Waals surface area contributed by atoms with Crippen molar-refractivity contribution >= 4 is 59.7 Å². The van der Waals surface area contributed by atoms with Crippen molar-refractivity contribution in [2.75, 3.05) is 0 Å². The fraction of sp³-hybridized carbons (Fsp3) is 0. The molecular formula is C50H30N6OS. The van der Waals surface area contributed by atoms with E-state index in [1.807, 2.05) is 140 Å². The first-order chi connectivity index (χ1) is 28.6. The van der Waals surface area contributed by atoms with Crippen LogP contribution in [-0.4, -0.2) is 24.9 Å². The first kappa shape index (κ1) is 34.6. The van der Waals surface area contributed by atoms with Gasteiger partial charge in [-0.3, -0.25) is 0 Å². The summed E-state index contributed by atoms with van der Waals surface area (Å²) in [6.07, 6.45) is 9.57. The number of furan rings is 1. The Labute approximate surface area is 337 Å². The van der Waals surface area contributed by atoms with Crippen LogP contribution in [-0.2, 0) is 0 Å². The van der Waals surface area contributed by atoms with Crippen molar-refractivity contribution in [2.45, 2.75) is 0 Å². The highest BCUT2D eigenvalue weighted by atomic mass is 32.1. The van der Waals surface area contributed by atoms with Crippen molar-refractivity contribution in [3.63, 3.8) is 0 Å². The lowest BCUT2D eigenvalue weighted by Gasteiger charge is -2.10. The number of nitriles is 1. The molecule has 0 fully saturated rings. The predicted octanol–water partition coefficient (Wildman–Crippen LogP) is 12.9. The first-order valence-electron chi connectivity index (χ1n) is 18.7. The lowest BCUT2D eigenvalue weighted by Crippen LogP contribution is -2.00. The number of hydrogen-bond donors (Lipinski definition) is 0. The smallest absolute Gasteiger partial charge is 0.164 e. The zero-order valence-corrected chi connectivity index (χ0v) is 31.7. The Kier molecular flexibility index (Phi) is 8.75. The molecule has 7 nitrogen and oxygen atoms in total. The molecule has 0 unspecified atom stereocenters. The van der Waals surface area contributed by atoms with E-state index in [0.717, 1.165) is 70.1 Å². The summed E-state index contributed by atoms with van der Waals surface area (Å²) in [5.41, 5.74) is 9.00. The largest absolute Gasteiger partial charge is 0.455 e. The molecule has 0 spiro atoms. The van der Waals surface area contributed by atoms with Gasteiger partial charge in [0.25, 0.3) is 0 Å². The molecule has 0 aliphatic carbocycles. The Bertz CT molecular complexity index is 3320. The molecule has 0 bridgehead atoms. The van der Waals surface area contributed by atoms with Gasteiger partial charge in [0, 0.05) is 37.5 Å². The van der Waals surface area contributed by atoms with E-state index in [4.69, 9.17) is 29.3 Å². The van der Waals surface area contributed by atoms with Gasteiger partial charge in [0.1, 0.15) is 11.2 Å². The highest BCUT2D eigenvalue weighted by molar-refractivity contribution is 7.26. The standard InChI is InChI=1S/C50H30N6OS/c1-2-3-4-8-22-40-46-44(36-18-9-10-24-42(36)58-46)53-50(52-40)39-21-12-19-37-43-38(20-13-23-41(43)57-45(37)39)49-55-47(33-15-6-5-7-16-33)54-48(56-49)34-27-25-32(26-28-34)35-17-11-14-31(29-35)30-51/h2-29H,1H2/b4-3-,22-8+. The van der Waals surface area contributed by atoms with Crippen LogP contribution < -0.4 is 0 Å². The zero-order valence-electron chi connectivity index (χ0n) is 30.9. The molecule has 10 rings (SSSR count). The van der Waals surface area contributed by atoms with E-state index in [1.54, 1.807) is 23.5 Å². The Morgan fingerprint density at radius 1 is 0.569 bits per heavy atom. The monoisotopic (exact) mass is 762 g/mol. The molecule has 0 saturated heterocycles. The number of para-hydroxylation sites is 1. The van der Waals surface area contributed by atoms with E-state index in [9.17, 15) is 5.26 Å². The molecule has 0 aliphatic rings. The van der Waals surface area contributed by atoms with Gasteiger partial charge in [0.15, 0.2) is 23.3 Å². The molecule has 0 radical (unpaired) electrons. The molecule has 8 heteroatoms. The Balaban J connectivity index is 1.14. The van der Waals surface area contributed by atoms with Gasteiger partial charge >= 0.3 is 0 Å². The molecule has 4 aromatic heterocycles. The minimum atomic E-state index is 0.524. The lowest BCUT2D eigenvalue weighted by molar-refractivity contribution is 0.669. The highest BCUT2D eigenvalue weighted by Crippen LogP contribution is 2.41. The minimum Gasteiger partial charge on any atom is -0.455 e. The van der Waals surface area contributed by atoms with E-state index < -0.39 is 0 Å². The molecule has 4 heterocycles. The molecule has 0 amide bonds. The second kappa shape index (κ2) is 14.7. The summed E-state index contributed by atoms with van der Waals surface area (Å²) in [5, 5.41) is 12.3. The van der Waals surface area contributed by atoms with Crippen LogP contribution in [0.15, 0.2) is 175 Å². The summed E-state index contributed by atoms with van der Waals surface area (Å²) < 4.78 is 8.90. The van der Waals surface area contributed by atoms with Crippen molar-refractivity contribution in [2.24, 2.45) is 0 Å². The summed E-state index contributed by atoms with van der Waals surface area (Å²) in [6.45, 7) is 3.79. The molecule has 0 N–H and O–H groups in total. The number of allylic oxidation sites excluding steroid dienone is 4. The molecule has 0 saturated carbocycles. The number of fused-ring (bicyclic) bond motifs is 6. The molecule has 0 aliphatic heterocycles. The van der Waals surface area contributed by atoms with Crippen LogP contribution in [0.1, 0.15) is 11.3 Å². The van der Waals surface area contributed by atoms with Gasteiger partial charge in [0.2, 0.25) is 0 Å². The number of aromatic nitrogens is 5. The predicted molar refractivity (Wildman–Crippen MR) is 236 cm³/mol. The van der Waals surface area contributed by atoms with E-state index in [0.29, 0.717) is 40.0 Å². The SMILES string of the molecule is C=C/C=C\C=C\c1nc(-c2cccc3c2oc2cccc(-c4nc(-c5ccccc5)nc(-c5ccc(-c6cccc(C#N)c6)cc5)n4)c23)nc2c1sc1ccccc12. The number of rotatable bonds is 8. The second-order valence-corrected chi connectivity index (χ2v) is 14.6. The topological polar surface area (TPSA) is 101 Å². The van der Waals surface area contributed by atoms with E-state index in [-0.39, 0.29) is 0 Å². The molecule has 272 valence electrons. The van der Waals surface area contributed by atoms with E-state index in [1.165, 1.54) is 0 Å². The van der Waals surface area contributed by atoms with Crippen LogP contribution in [0, 0.1) is 11.3 Å². The van der Waals surface area contributed by atoms with Crippen LogP contribution in [0.3, 0.4) is 0 Å². The summed E-state index contributed by atoms with van der Waals surface area (Å²) in [6, 6.07) is 48.2. The van der Waals surface area contributed by atoms with Gasteiger partial charge < -0.3 is 4.42 Å². The van der Waals surface area contributed by atoms with E-state index in [2.05, 4.69) is 30.8 Å². The summed E-state index contributed by atoms with van der Waals surface area (Å²) >= 11 is 1.69. The van der Waals surface area contributed by atoms with Crippen LogP contribution in [0.25, 0.3) is 105 Å². The van der Waals surface area contributed by atoms with Crippen molar-refractivity contribution in [3.8, 4) is 62.7 Å². The molecule has 6 aromatic carbocycles. The molecular weight excluding hydrogens is 733 g/mol. The number of hydrogen-bond acceptors (Lipinski definition) is 8. The maximum absolute atomic E-state index is 9.44. The van der Waals surface area contributed by atoms with Crippen LogP contribution in [0.5, 0.6) is 0 Å². The number of thiophene rings is 1. The van der Waals surface area contributed by atoms with Gasteiger partial charge in [-0.25, -0.2) is 24.9 Å².